The zero-order valence-corrected chi connectivity index (χ0v) is 11.9. The van der Waals surface area contributed by atoms with Crippen molar-refractivity contribution >= 4 is 44.3 Å². The van der Waals surface area contributed by atoms with E-state index in [4.69, 9.17) is 17.4 Å². The molecular formula is C12H13BrClN3. The first kappa shape index (κ1) is 12.6. The van der Waals surface area contributed by atoms with Gasteiger partial charge >= 0.3 is 0 Å². The molecule has 0 amide bonds. The van der Waals surface area contributed by atoms with Crippen LogP contribution in [0.2, 0.25) is 5.02 Å². The van der Waals surface area contributed by atoms with Crippen molar-refractivity contribution in [3.8, 4) is 0 Å². The average molecular weight is 315 g/mol. The SMILES string of the molecule is CC(C)c1cc2c(Br)ccc(Cl)c2nc1NN. The molecule has 0 radical (unpaired) electrons. The van der Waals surface area contributed by atoms with Crippen molar-refractivity contribution in [2.24, 2.45) is 5.84 Å². The summed E-state index contributed by atoms with van der Waals surface area (Å²) in [4.78, 5) is 4.48. The van der Waals surface area contributed by atoms with Gasteiger partial charge in [0.05, 0.1) is 10.5 Å². The minimum absolute atomic E-state index is 0.337. The van der Waals surface area contributed by atoms with Gasteiger partial charge in [-0.25, -0.2) is 10.8 Å². The fraction of sp³-hybridized carbons (Fsp3) is 0.250. The van der Waals surface area contributed by atoms with Crippen LogP contribution in [0.15, 0.2) is 22.7 Å². The van der Waals surface area contributed by atoms with Crippen LogP contribution >= 0.6 is 27.5 Å². The van der Waals surface area contributed by atoms with Gasteiger partial charge in [-0.3, -0.25) is 0 Å². The van der Waals surface area contributed by atoms with Crippen LogP contribution in [0.3, 0.4) is 0 Å². The Bertz CT molecular complexity index is 569. The molecule has 3 nitrogen and oxygen atoms in total. The Balaban J connectivity index is 2.83. The molecule has 2 aromatic rings. The molecule has 0 spiro atoms. The van der Waals surface area contributed by atoms with Crippen molar-refractivity contribution in [1.82, 2.24) is 4.98 Å². The van der Waals surface area contributed by atoms with Crippen LogP contribution in [-0.4, -0.2) is 4.98 Å². The van der Waals surface area contributed by atoms with Crippen LogP contribution in [0.5, 0.6) is 0 Å². The van der Waals surface area contributed by atoms with Crippen LogP contribution in [0.1, 0.15) is 25.3 Å². The zero-order valence-electron chi connectivity index (χ0n) is 9.59. The van der Waals surface area contributed by atoms with E-state index in [1.165, 1.54) is 0 Å². The molecule has 0 saturated carbocycles. The van der Waals surface area contributed by atoms with Gasteiger partial charge in [0, 0.05) is 9.86 Å². The number of anilines is 1. The third-order valence-electron chi connectivity index (χ3n) is 2.67. The van der Waals surface area contributed by atoms with Crippen LogP contribution in [0.4, 0.5) is 5.82 Å². The lowest BCUT2D eigenvalue weighted by Gasteiger charge is -2.14. The van der Waals surface area contributed by atoms with E-state index in [1.807, 2.05) is 12.1 Å². The first-order valence-corrected chi connectivity index (χ1v) is 6.47. The summed E-state index contributed by atoms with van der Waals surface area (Å²) in [5.41, 5.74) is 4.45. The highest BCUT2D eigenvalue weighted by molar-refractivity contribution is 9.10. The molecule has 90 valence electrons. The Labute approximate surface area is 113 Å². The Morgan fingerprint density at radius 3 is 2.71 bits per heavy atom. The topological polar surface area (TPSA) is 50.9 Å². The fourth-order valence-electron chi connectivity index (χ4n) is 1.76. The maximum Gasteiger partial charge on any atom is 0.144 e. The molecule has 0 unspecified atom stereocenters. The standard InChI is InChI=1S/C12H13BrClN3/c1-6(2)7-5-8-9(13)3-4-10(14)11(8)16-12(7)17-15/h3-6H,15H2,1-2H3,(H,16,17). The predicted octanol–water partition coefficient (Wildman–Crippen LogP) is 4.06. The number of nitrogen functional groups attached to an aromatic ring is 1. The van der Waals surface area contributed by atoms with Gasteiger partial charge in [-0.15, -0.1) is 0 Å². The maximum absolute atomic E-state index is 6.14. The number of pyridine rings is 1. The number of halogens is 2. The first-order valence-electron chi connectivity index (χ1n) is 5.30. The molecule has 1 aromatic carbocycles. The van der Waals surface area contributed by atoms with E-state index in [0.717, 1.165) is 20.9 Å². The molecule has 0 aliphatic heterocycles. The van der Waals surface area contributed by atoms with Crippen LogP contribution in [0, 0.1) is 0 Å². The van der Waals surface area contributed by atoms with E-state index in [9.17, 15) is 0 Å². The summed E-state index contributed by atoms with van der Waals surface area (Å²) in [5.74, 6) is 6.51. The van der Waals surface area contributed by atoms with E-state index in [2.05, 4.69) is 46.3 Å². The van der Waals surface area contributed by atoms with Crippen molar-refractivity contribution in [2.45, 2.75) is 19.8 Å². The lowest BCUT2D eigenvalue weighted by atomic mass is 10.0. The first-order chi connectivity index (χ1) is 8.04. The molecule has 0 fully saturated rings. The van der Waals surface area contributed by atoms with Crippen LogP contribution in [0.25, 0.3) is 10.9 Å². The number of benzene rings is 1. The van der Waals surface area contributed by atoms with Crippen molar-refractivity contribution in [2.75, 3.05) is 5.43 Å². The number of hydrogen-bond acceptors (Lipinski definition) is 3. The number of rotatable bonds is 2. The summed E-state index contributed by atoms with van der Waals surface area (Å²) in [5, 5.41) is 1.62. The largest absolute Gasteiger partial charge is 0.308 e. The molecule has 1 aromatic heterocycles. The highest BCUT2D eigenvalue weighted by Gasteiger charge is 2.12. The summed E-state index contributed by atoms with van der Waals surface area (Å²) in [6.45, 7) is 4.20. The second-order valence-corrected chi connectivity index (χ2v) is 5.41. The zero-order chi connectivity index (χ0) is 12.6. The summed E-state index contributed by atoms with van der Waals surface area (Å²) >= 11 is 9.65. The van der Waals surface area contributed by atoms with E-state index < -0.39 is 0 Å². The fourth-order valence-corrected chi connectivity index (χ4v) is 2.41. The van der Waals surface area contributed by atoms with E-state index in [-0.39, 0.29) is 0 Å². The van der Waals surface area contributed by atoms with E-state index in [1.54, 1.807) is 0 Å². The average Bonchev–Trinajstić information content (AvgIpc) is 2.32. The number of nitrogens with zero attached hydrogens (tertiary/aromatic N) is 1. The lowest BCUT2D eigenvalue weighted by molar-refractivity contribution is 0.862. The van der Waals surface area contributed by atoms with Gasteiger partial charge in [-0.05, 0) is 29.7 Å². The molecule has 17 heavy (non-hydrogen) atoms. The van der Waals surface area contributed by atoms with Crippen molar-refractivity contribution < 1.29 is 0 Å². The van der Waals surface area contributed by atoms with Gasteiger partial charge in [0.15, 0.2) is 0 Å². The molecule has 0 atom stereocenters. The monoisotopic (exact) mass is 313 g/mol. The highest BCUT2D eigenvalue weighted by Crippen LogP contribution is 2.33. The van der Waals surface area contributed by atoms with Gasteiger partial charge in [-0.2, -0.15) is 0 Å². The summed E-state index contributed by atoms with van der Waals surface area (Å²) in [7, 11) is 0. The molecular weight excluding hydrogens is 302 g/mol. The Morgan fingerprint density at radius 1 is 1.41 bits per heavy atom. The number of nitrogens with one attached hydrogen (secondary N) is 1. The molecule has 1 heterocycles. The number of aromatic nitrogens is 1. The normalized spacial score (nSPS) is 11.2. The van der Waals surface area contributed by atoms with E-state index >= 15 is 0 Å². The summed E-state index contributed by atoms with van der Waals surface area (Å²) in [6.07, 6.45) is 0. The van der Waals surface area contributed by atoms with E-state index in [0.29, 0.717) is 16.8 Å². The van der Waals surface area contributed by atoms with Gasteiger partial charge < -0.3 is 5.43 Å². The summed E-state index contributed by atoms with van der Waals surface area (Å²) in [6, 6.07) is 5.81. The highest BCUT2D eigenvalue weighted by atomic mass is 79.9. The Morgan fingerprint density at radius 2 is 2.12 bits per heavy atom. The maximum atomic E-state index is 6.14. The molecule has 0 aliphatic rings. The number of fused-ring (bicyclic) bond motifs is 1. The third kappa shape index (κ3) is 2.25. The molecule has 5 heteroatoms. The molecule has 2 rings (SSSR count). The van der Waals surface area contributed by atoms with Gasteiger partial charge in [0.2, 0.25) is 0 Å². The minimum Gasteiger partial charge on any atom is -0.308 e. The molecule has 0 aliphatic carbocycles. The molecule has 0 saturated heterocycles. The van der Waals surface area contributed by atoms with Gasteiger partial charge in [0.25, 0.3) is 0 Å². The lowest BCUT2D eigenvalue weighted by Crippen LogP contribution is -2.12. The molecule has 0 bridgehead atoms. The molecule has 3 N–H and O–H groups in total. The second-order valence-electron chi connectivity index (χ2n) is 4.15. The van der Waals surface area contributed by atoms with Gasteiger partial charge in [0.1, 0.15) is 5.82 Å². The minimum atomic E-state index is 0.337. The quantitative estimate of drug-likeness (QED) is 0.649. The number of hydrazine groups is 1. The Hall–Kier alpha value is -0.840. The third-order valence-corrected chi connectivity index (χ3v) is 3.67. The van der Waals surface area contributed by atoms with Crippen molar-refractivity contribution in [1.29, 1.82) is 0 Å². The number of nitrogens with two attached hydrogens (primary N) is 1. The Kier molecular flexibility index (Phi) is 3.56. The van der Waals surface area contributed by atoms with Crippen molar-refractivity contribution in [3.63, 3.8) is 0 Å². The van der Waals surface area contributed by atoms with Gasteiger partial charge in [-0.1, -0.05) is 41.4 Å². The van der Waals surface area contributed by atoms with Crippen LogP contribution < -0.4 is 11.3 Å². The summed E-state index contributed by atoms with van der Waals surface area (Å²) < 4.78 is 0.981. The smallest absolute Gasteiger partial charge is 0.144 e. The van der Waals surface area contributed by atoms with Crippen molar-refractivity contribution in [3.05, 3.63) is 33.3 Å². The predicted molar refractivity (Wildman–Crippen MR) is 76.4 cm³/mol. The second kappa shape index (κ2) is 4.80. The van der Waals surface area contributed by atoms with Crippen LogP contribution in [-0.2, 0) is 0 Å². The number of hydrogen-bond donors (Lipinski definition) is 2.